The van der Waals surface area contributed by atoms with Gasteiger partial charge in [-0.2, -0.15) is 0 Å². The van der Waals surface area contributed by atoms with Crippen LogP contribution in [-0.2, 0) is 17.8 Å². The first kappa shape index (κ1) is 27.8. The van der Waals surface area contributed by atoms with Crippen molar-refractivity contribution in [3.05, 3.63) is 149 Å². The van der Waals surface area contributed by atoms with E-state index in [0.717, 1.165) is 28.0 Å². The molecule has 41 heavy (non-hydrogen) atoms. The van der Waals surface area contributed by atoms with Gasteiger partial charge in [-0.1, -0.05) is 84.4 Å². The summed E-state index contributed by atoms with van der Waals surface area (Å²) in [5, 5.41) is 0. The van der Waals surface area contributed by atoms with Crippen molar-refractivity contribution >= 4 is 11.8 Å². The number of ether oxygens (including phenoxy) is 1. The molecule has 0 N–H and O–H groups in total. The minimum absolute atomic E-state index is 0.177. The number of carbonyl (C=O) groups excluding carboxylic acids is 2. The van der Waals surface area contributed by atoms with E-state index in [1.165, 1.54) is 12.1 Å². The van der Waals surface area contributed by atoms with Crippen LogP contribution in [0.2, 0.25) is 0 Å². The second-order valence-corrected chi connectivity index (χ2v) is 10.3. The number of carbonyl (C=O) groups is 2. The van der Waals surface area contributed by atoms with Gasteiger partial charge in [0.15, 0.2) is 0 Å². The van der Waals surface area contributed by atoms with Crippen molar-refractivity contribution in [3.8, 4) is 5.75 Å². The molecule has 0 aromatic heterocycles. The number of hydrogen-bond donors (Lipinski definition) is 0. The van der Waals surface area contributed by atoms with Crippen LogP contribution >= 0.6 is 0 Å². The van der Waals surface area contributed by atoms with Crippen LogP contribution in [0.1, 0.15) is 38.7 Å². The monoisotopic (exact) mass is 548 g/mol. The molecular formula is C35H33FN2O3. The Morgan fingerprint density at radius 3 is 2.22 bits per heavy atom. The second kappa shape index (κ2) is 12.6. The highest BCUT2D eigenvalue weighted by Crippen LogP contribution is 2.30. The van der Waals surface area contributed by atoms with Gasteiger partial charge in [0.05, 0.1) is 13.2 Å². The molecule has 2 atom stereocenters. The van der Waals surface area contributed by atoms with Crippen LogP contribution in [0.15, 0.2) is 115 Å². The fourth-order valence-electron chi connectivity index (χ4n) is 5.17. The van der Waals surface area contributed by atoms with Crippen molar-refractivity contribution in [1.82, 2.24) is 9.80 Å². The lowest BCUT2D eigenvalue weighted by atomic mass is 9.96. The van der Waals surface area contributed by atoms with E-state index in [1.807, 2.05) is 85.8 Å². The predicted molar refractivity (Wildman–Crippen MR) is 158 cm³/mol. The van der Waals surface area contributed by atoms with Crippen LogP contribution in [-0.4, -0.2) is 41.3 Å². The van der Waals surface area contributed by atoms with Gasteiger partial charge in [-0.15, -0.1) is 0 Å². The number of rotatable bonds is 7. The number of hydrogen-bond acceptors (Lipinski definition) is 3. The summed E-state index contributed by atoms with van der Waals surface area (Å²) in [5.74, 6) is 0.00495. The van der Waals surface area contributed by atoms with Crippen molar-refractivity contribution in [2.24, 2.45) is 0 Å². The summed E-state index contributed by atoms with van der Waals surface area (Å²) in [5.41, 5.74) is 4.25. The Morgan fingerprint density at radius 2 is 1.56 bits per heavy atom. The maximum atomic E-state index is 14.7. The Kier molecular flexibility index (Phi) is 8.59. The fraction of sp³-hybridized carbons (Fsp3) is 0.200. The molecule has 4 aromatic rings. The maximum Gasteiger partial charge on any atom is 0.254 e. The first-order valence-corrected chi connectivity index (χ1v) is 13.7. The third-order valence-corrected chi connectivity index (χ3v) is 7.46. The molecule has 2 amide bonds. The zero-order valence-electron chi connectivity index (χ0n) is 23.2. The molecule has 1 aliphatic heterocycles. The van der Waals surface area contributed by atoms with Gasteiger partial charge < -0.3 is 14.5 Å². The van der Waals surface area contributed by atoms with Crippen LogP contribution in [0, 0.1) is 12.7 Å². The first-order chi connectivity index (χ1) is 19.9. The van der Waals surface area contributed by atoms with Gasteiger partial charge in [-0.25, -0.2) is 4.39 Å². The van der Waals surface area contributed by atoms with Crippen LogP contribution in [0.5, 0.6) is 5.75 Å². The van der Waals surface area contributed by atoms with Crippen molar-refractivity contribution in [2.75, 3.05) is 13.7 Å². The Hall–Kier alpha value is -4.71. The molecule has 5 nitrogen and oxygen atoms in total. The molecule has 0 saturated heterocycles. The molecule has 0 bridgehead atoms. The van der Waals surface area contributed by atoms with E-state index in [2.05, 4.69) is 0 Å². The van der Waals surface area contributed by atoms with E-state index < -0.39 is 12.1 Å². The Labute approximate surface area is 240 Å². The van der Waals surface area contributed by atoms with E-state index in [1.54, 1.807) is 41.2 Å². The van der Waals surface area contributed by atoms with E-state index in [0.29, 0.717) is 12.0 Å². The van der Waals surface area contributed by atoms with E-state index in [4.69, 9.17) is 4.74 Å². The SMILES string of the molecule is COc1ccc([C@H]2/C=C\CN(C(=O)c3ccc(C)cc3)[C@@H](Cc3ccccc3)C(=O)N2Cc2ccc(F)cc2)cc1. The Bertz CT molecular complexity index is 1500. The molecule has 1 aliphatic rings. The minimum atomic E-state index is -0.752. The molecule has 4 aromatic carbocycles. The number of benzene rings is 4. The van der Waals surface area contributed by atoms with Gasteiger partial charge in [-0.05, 0) is 60.0 Å². The molecular weight excluding hydrogens is 515 g/mol. The molecule has 5 rings (SSSR count). The molecule has 208 valence electrons. The molecule has 0 spiro atoms. The highest BCUT2D eigenvalue weighted by atomic mass is 19.1. The lowest BCUT2D eigenvalue weighted by Gasteiger charge is -2.39. The summed E-state index contributed by atoms with van der Waals surface area (Å²) in [6.07, 6.45) is 4.29. The molecule has 0 aliphatic carbocycles. The van der Waals surface area contributed by atoms with Gasteiger partial charge in [0.2, 0.25) is 5.91 Å². The van der Waals surface area contributed by atoms with Crippen molar-refractivity contribution in [1.29, 1.82) is 0 Å². The van der Waals surface area contributed by atoms with Gasteiger partial charge in [0.25, 0.3) is 5.91 Å². The van der Waals surface area contributed by atoms with Crippen LogP contribution in [0.3, 0.4) is 0 Å². The average Bonchev–Trinajstić information content (AvgIpc) is 3.00. The summed E-state index contributed by atoms with van der Waals surface area (Å²) >= 11 is 0. The number of aryl methyl sites for hydroxylation is 1. The number of methoxy groups -OCH3 is 1. The second-order valence-electron chi connectivity index (χ2n) is 10.3. The van der Waals surface area contributed by atoms with E-state index in [-0.39, 0.29) is 30.7 Å². The molecule has 0 saturated carbocycles. The van der Waals surface area contributed by atoms with Gasteiger partial charge in [-0.3, -0.25) is 9.59 Å². The highest BCUT2D eigenvalue weighted by molar-refractivity contribution is 5.98. The van der Waals surface area contributed by atoms with E-state index >= 15 is 0 Å². The molecule has 0 radical (unpaired) electrons. The van der Waals surface area contributed by atoms with Gasteiger partial charge in [0, 0.05) is 25.1 Å². The quantitative estimate of drug-likeness (QED) is 0.247. The minimum Gasteiger partial charge on any atom is -0.497 e. The number of amides is 2. The smallest absolute Gasteiger partial charge is 0.254 e. The summed E-state index contributed by atoms with van der Waals surface area (Å²) in [6, 6.07) is 29.8. The van der Waals surface area contributed by atoms with Crippen molar-refractivity contribution in [3.63, 3.8) is 0 Å². The Balaban J connectivity index is 1.59. The zero-order chi connectivity index (χ0) is 28.8. The highest BCUT2D eigenvalue weighted by Gasteiger charge is 2.37. The Morgan fingerprint density at radius 1 is 0.878 bits per heavy atom. The van der Waals surface area contributed by atoms with Crippen molar-refractivity contribution < 1.29 is 18.7 Å². The molecule has 0 unspecified atom stereocenters. The topological polar surface area (TPSA) is 49.9 Å². The van der Waals surface area contributed by atoms with Crippen LogP contribution in [0.4, 0.5) is 4.39 Å². The zero-order valence-corrected chi connectivity index (χ0v) is 23.2. The third-order valence-electron chi connectivity index (χ3n) is 7.46. The standard InChI is InChI=1S/C35H33FN2O3/c1-25-10-14-29(15-11-25)34(39)37-22-6-9-32(28-16-20-31(41-2)21-17-28)38(24-27-12-18-30(36)19-13-27)35(40)33(37)23-26-7-4-3-5-8-26/h3-21,32-33H,22-24H2,1-2H3/b9-6-/t32-,33+/m1/s1. The van der Waals surface area contributed by atoms with Gasteiger partial charge in [0.1, 0.15) is 17.6 Å². The lowest BCUT2D eigenvalue weighted by molar-refractivity contribution is -0.138. The molecule has 0 fully saturated rings. The summed E-state index contributed by atoms with van der Waals surface area (Å²) < 4.78 is 19.1. The normalized spacial score (nSPS) is 18.0. The number of nitrogens with zero attached hydrogens (tertiary/aromatic N) is 2. The summed E-state index contributed by atoms with van der Waals surface area (Å²) in [7, 11) is 1.61. The van der Waals surface area contributed by atoms with Gasteiger partial charge >= 0.3 is 0 Å². The van der Waals surface area contributed by atoms with Crippen molar-refractivity contribution in [2.45, 2.75) is 32.0 Å². The van der Waals surface area contributed by atoms with Crippen LogP contribution in [0.25, 0.3) is 0 Å². The lowest BCUT2D eigenvalue weighted by Crippen LogP contribution is -2.53. The predicted octanol–water partition coefficient (Wildman–Crippen LogP) is 6.54. The third kappa shape index (κ3) is 6.55. The fourth-order valence-corrected chi connectivity index (χ4v) is 5.17. The average molecular weight is 549 g/mol. The van der Waals surface area contributed by atoms with Crippen LogP contribution < -0.4 is 4.74 Å². The summed E-state index contributed by atoms with van der Waals surface area (Å²) in [4.78, 5) is 32.0. The molecule has 1 heterocycles. The molecule has 6 heteroatoms. The largest absolute Gasteiger partial charge is 0.497 e. The van der Waals surface area contributed by atoms with E-state index in [9.17, 15) is 14.0 Å². The first-order valence-electron chi connectivity index (χ1n) is 13.7. The summed E-state index contributed by atoms with van der Waals surface area (Å²) in [6.45, 7) is 2.51. The maximum absolute atomic E-state index is 14.7. The number of halogens is 1.